The number of nitrogens with two attached hydrogens (primary N) is 1. The summed E-state index contributed by atoms with van der Waals surface area (Å²) in [5.41, 5.74) is 6.65. The van der Waals surface area contributed by atoms with Crippen molar-refractivity contribution in [2.75, 3.05) is 18.4 Å². The van der Waals surface area contributed by atoms with Gasteiger partial charge in [-0.1, -0.05) is 24.4 Å². The van der Waals surface area contributed by atoms with Gasteiger partial charge in [-0.25, -0.2) is 4.79 Å². The average molecular weight is 310 g/mol. The number of carbonyl (C=O) groups excluding carboxylic acids is 1. The molecule has 2 rings (SSSR count). The van der Waals surface area contributed by atoms with E-state index in [0.29, 0.717) is 24.0 Å². The number of benzene rings is 1. The standard InChI is InChI=1S/C16H24ClN3O/c1-2-20(15-6-4-3-5-12(15)11-18)16(21)19-14-9-7-13(17)8-10-14/h7-10,12,15H,2-6,11,18H2,1H3,(H,19,21). The summed E-state index contributed by atoms with van der Waals surface area (Å²) in [7, 11) is 0. The van der Waals surface area contributed by atoms with E-state index in [2.05, 4.69) is 5.32 Å². The van der Waals surface area contributed by atoms with Crippen molar-refractivity contribution in [3.05, 3.63) is 29.3 Å². The highest BCUT2D eigenvalue weighted by Crippen LogP contribution is 2.28. The van der Waals surface area contributed by atoms with Gasteiger partial charge >= 0.3 is 6.03 Å². The molecular formula is C16H24ClN3O. The highest BCUT2D eigenvalue weighted by Gasteiger charge is 2.31. The largest absolute Gasteiger partial charge is 0.330 e. The predicted octanol–water partition coefficient (Wildman–Crippen LogP) is 3.71. The summed E-state index contributed by atoms with van der Waals surface area (Å²) in [6, 6.07) is 7.38. The number of hydrogen-bond donors (Lipinski definition) is 2. The summed E-state index contributed by atoms with van der Waals surface area (Å²) in [5.74, 6) is 0.412. The number of halogens is 1. The smallest absolute Gasteiger partial charge is 0.322 e. The Hall–Kier alpha value is -1.26. The van der Waals surface area contributed by atoms with Crippen LogP contribution in [0.1, 0.15) is 32.6 Å². The Kier molecular flexibility index (Phi) is 5.88. The SMILES string of the molecule is CCN(C(=O)Nc1ccc(Cl)cc1)C1CCCCC1CN. The number of carbonyl (C=O) groups is 1. The third-order valence-corrected chi connectivity index (χ3v) is 4.52. The fraction of sp³-hybridized carbons (Fsp3) is 0.562. The van der Waals surface area contributed by atoms with Crippen LogP contribution >= 0.6 is 11.6 Å². The van der Waals surface area contributed by atoms with E-state index < -0.39 is 0 Å². The molecule has 0 bridgehead atoms. The second kappa shape index (κ2) is 7.66. The lowest BCUT2D eigenvalue weighted by Gasteiger charge is -2.39. The molecule has 1 aromatic rings. The average Bonchev–Trinajstić information content (AvgIpc) is 2.51. The van der Waals surface area contributed by atoms with Gasteiger partial charge in [0, 0.05) is 23.3 Å². The fourth-order valence-corrected chi connectivity index (χ4v) is 3.26. The van der Waals surface area contributed by atoms with Crippen molar-refractivity contribution >= 4 is 23.3 Å². The van der Waals surface area contributed by atoms with E-state index in [9.17, 15) is 4.79 Å². The summed E-state index contributed by atoms with van der Waals surface area (Å²) in [6.45, 7) is 3.36. The Morgan fingerprint density at radius 2 is 2.00 bits per heavy atom. The zero-order valence-electron chi connectivity index (χ0n) is 12.5. The maximum absolute atomic E-state index is 12.5. The van der Waals surface area contributed by atoms with Crippen LogP contribution in [0.25, 0.3) is 0 Å². The van der Waals surface area contributed by atoms with E-state index in [1.807, 2.05) is 24.0 Å². The van der Waals surface area contributed by atoms with E-state index in [1.165, 1.54) is 12.8 Å². The molecule has 0 spiro atoms. The molecule has 3 N–H and O–H groups in total. The van der Waals surface area contributed by atoms with Gasteiger partial charge in [-0.2, -0.15) is 0 Å². The third kappa shape index (κ3) is 4.11. The minimum Gasteiger partial charge on any atom is -0.330 e. The lowest BCUT2D eigenvalue weighted by molar-refractivity contribution is 0.135. The number of nitrogens with zero attached hydrogens (tertiary/aromatic N) is 1. The Morgan fingerprint density at radius 3 is 2.62 bits per heavy atom. The van der Waals surface area contributed by atoms with Gasteiger partial charge in [-0.05, 0) is 56.5 Å². The Bertz CT molecular complexity index is 463. The van der Waals surface area contributed by atoms with Crippen LogP contribution in [0.5, 0.6) is 0 Å². The predicted molar refractivity (Wildman–Crippen MR) is 87.7 cm³/mol. The van der Waals surface area contributed by atoms with Crippen LogP contribution in [-0.2, 0) is 0 Å². The molecule has 21 heavy (non-hydrogen) atoms. The molecule has 1 aliphatic rings. The summed E-state index contributed by atoms with van der Waals surface area (Å²) in [6.07, 6.45) is 4.55. The van der Waals surface area contributed by atoms with E-state index >= 15 is 0 Å². The van der Waals surface area contributed by atoms with E-state index in [-0.39, 0.29) is 12.1 Å². The number of anilines is 1. The molecule has 0 heterocycles. The summed E-state index contributed by atoms with van der Waals surface area (Å²) in [5, 5.41) is 3.61. The highest BCUT2D eigenvalue weighted by molar-refractivity contribution is 6.30. The molecule has 1 aromatic carbocycles. The molecule has 4 nitrogen and oxygen atoms in total. The van der Waals surface area contributed by atoms with E-state index in [4.69, 9.17) is 17.3 Å². The molecule has 2 atom stereocenters. The maximum atomic E-state index is 12.5. The van der Waals surface area contributed by atoms with Crippen LogP contribution in [0.4, 0.5) is 10.5 Å². The molecule has 5 heteroatoms. The summed E-state index contributed by atoms with van der Waals surface area (Å²) >= 11 is 5.86. The van der Waals surface area contributed by atoms with Gasteiger partial charge < -0.3 is 16.0 Å². The number of nitrogens with one attached hydrogen (secondary N) is 1. The second-order valence-corrected chi connectivity index (χ2v) is 6.01. The van der Waals surface area contributed by atoms with Crippen molar-refractivity contribution in [2.24, 2.45) is 11.7 Å². The van der Waals surface area contributed by atoms with E-state index in [0.717, 1.165) is 18.5 Å². The molecule has 2 unspecified atom stereocenters. The third-order valence-electron chi connectivity index (χ3n) is 4.27. The van der Waals surface area contributed by atoms with Crippen molar-refractivity contribution in [2.45, 2.75) is 38.6 Å². The van der Waals surface area contributed by atoms with Crippen LogP contribution in [0.15, 0.2) is 24.3 Å². The monoisotopic (exact) mass is 309 g/mol. The van der Waals surface area contributed by atoms with Gasteiger partial charge in [0.1, 0.15) is 0 Å². The van der Waals surface area contributed by atoms with Gasteiger partial charge in [0.2, 0.25) is 0 Å². The molecule has 116 valence electrons. The minimum absolute atomic E-state index is 0.0508. The summed E-state index contributed by atoms with van der Waals surface area (Å²) in [4.78, 5) is 14.5. The van der Waals surface area contributed by atoms with Crippen LogP contribution in [0, 0.1) is 5.92 Å². The second-order valence-electron chi connectivity index (χ2n) is 5.57. The van der Waals surface area contributed by atoms with Gasteiger partial charge in [0.25, 0.3) is 0 Å². The molecule has 2 amide bonds. The van der Waals surface area contributed by atoms with Gasteiger partial charge in [0.15, 0.2) is 0 Å². The highest BCUT2D eigenvalue weighted by atomic mass is 35.5. The number of hydrogen-bond acceptors (Lipinski definition) is 2. The zero-order valence-corrected chi connectivity index (χ0v) is 13.3. The van der Waals surface area contributed by atoms with Gasteiger partial charge in [-0.3, -0.25) is 0 Å². The Labute approximate surface area is 131 Å². The Morgan fingerprint density at radius 1 is 1.33 bits per heavy atom. The first-order valence-corrected chi connectivity index (χ1v) is 8.06. The fourth-order valence-electron chi connectivity index (χ4n) is 3.13. The minimum atomic E-state index is -0.0508. The van der Waals surface area contributed by atoms with Gasteiger partial charge in [-0.15, -0.1) is 0 Å². The first-order valence-electron chi connectivity index (χ1n) is 7.69. The van der Waals surface area contributed by atoms with Crippen molar-refractivity contribution < 1.29 is 4.79 Å². The first kappa shape index (κ1) is 16.1. The topological polar surface area (TPSA) is 58.4 Å². The van der Waals surface area contributed by atoms with E-state index in [1.54, 1.807) is 12.1 Å². The van der Waals surface area contributed by atoms with Crippen LogP contribution in [0.3, 0.4) is 0 Å². The lowest BCUT2D eigenvalue weighted by atomic mass is 9.83. The van der Waals surface area contributed by atoms with Crippen molar-refractivity contribution in [1.29, 1.82) is 0 Å². The number of urea groups is 1. The Balaban J connectivity index is 2.05. The van der Waals surface area contributed by atoms with Crippen LogP contribution < -0.4 is 11.1 Å². The first-order chi connectivity index (χ1) is 10.2. The maximum Gasteiger partial charge on any atom is 0.322 e. The molecule has 0 aliphatic heterocycles. The van der Waals surface area contributed by atoms with Crippen molar-refractivity contribution in [1.82, 2.24) is 4.90 Å². The quantitative estimate of drug-likeness (QED) is 0.890. The molecular weight excluding hydrogens is 286 g/mol. The van der Waals surface area contributed by atoms with Crippen molar-refractivity contribution in [3.8, 4) is 0 Å². The van der Waals surface area contributed by atoms with Crippen LogP contribution in [0.2, 0.25) is 5.02 Å². The normalized spacial score (nSPS) is 21.9. The molecule has 0 radical (unpaired) electrons. The van der Waals surface area contributed by atoms with Crippen molar-refractivity contribution in [3.63, 3.8) is 0 Å². The zero-order chi connectivity index (χ0) is 15.2. The number of rotatable bonds is 4. The molecule has 0 aromatic heterocycles. The molecule has 1 aliphatic carbocycles. The summed E-state index contributed by atoms with van der Waals surface area (Å²) < 4.78 is 0. The number of amides is 2. The molecule has 1 fully saturated rings. The molecule has 1 saturated carbocycles. The lowest BCUT2D eigenvalue weighted by Crippen LogP contribution is -2.49. The van der Waals surface area contributed by atoms with Crippen LogP contribution in [-0.4, -0.2) is 30.1 Å². The van der Waals surface area contributed by atoms with Gasteiger partial charge in [0.05, 0.1) is 0 Å². The molecule has 0 saturated heterocycles.